The fourth-order valence-electron chi connectivity index (χ4n) is 1.57. The third-order valence-corrected chi connectivity index (χ3v) is 2.32. The number of anilines is 1. The SMILES string of the molecule is Cc1ccc2c(N)c(C(=O)OC(C)(C)C)oc2n1. The van der Waals surface area contributed by atoms with Gasteiger partial charge >= 0.3 is 5.97 Å². The molecule has 0 bridgehead atoms. The molecule has 2 rings (SSSR count). The molecule has 0 spiro atoms. The molecular weight excluding hydrogens is 232 g/mol. The fraction of sp³-hybridized carbons (Fsp3) is 0.385. The van der Waals surface area contributed by atoms with Gasteiger partial charge in [-0.1, -0.05) is 0 Å². The van der Waals surface area contributed by atoms with Gasteiger partial charge in [-0.05, 0) is 39.8 Å². The second kappa shape index (κ2) is 4.01. The number of hydrogen-bond acceptors (Lipinski definition) is 5. The van der Waals surface area contributed by atoms with Crippen LogP contribution in [0.4, 0.5) is 5.69 Å². The summed E-state index contributed by atoms with van der Waals surface area (Å²) in [5.41, 5.74) is 6.71. The van der Waals surface area contributed by atoms with Crippen molar-refractivity contribution in [3.63, 3.8) is 0 Å². The van der Waals surface area contributed by atoms with Crippen molar-refractivity contribution in [3.8, 4) is 0 Å². The zero-order valence-electron chi connectivity index (χ0n) is 10.9. The molecule has 0 saturated heterocycles. The topological polar surface area (TPSA) is 78.4 Å². The number of esters is 1. The normalized spacial score (nSPS) is 11.8. The number of rotatable bonds is 1. The Morgan fingerprint density at radius 1 is 1.39 bits per heavy atom. The van der Waals surface area contributed by atoms with Crippen LogP contribution in [-0.2, 0) is 4.74 Å². The molecule has 2 aromatic heterocycles. The molecule has 2 aromatic rings. The summed E-state index contributed by atoms with van der Waals surface area (Å²) in [4.78, 5) is 16.1. The van der Waals surface area contributed by atoms with Crippen LogP contribution in [0.5, 0.6) is 0 Å². The Labute approximate surface area is 105 Å². The monoisotopic (exact) mass is 248 g/mol. The second-order valence-electron chi connectivity index (χ2n) is 5.15. The highest BCUT2D eigenvalue weighted by atomic mass is 16.6. The smallest absolute Gasteiger partial charge is 0.377 e. The molecule has 5 heteroatoms. The number of aryl methyl sites for hydroxylation is 1. The Hall–Kier alpha value is -2.04. The van der Waals surface area contributed by atoms with Crippen LogP contribution in [-0.4, -0.2) is 16.6 Å². The maximum absolute atomic E-state index is 11.9. The maximum Gasteiger partial charge on any atom is 0.377 e. The van der Waals surface area contributed by atoms with E-state index >= 15 is 0 Å². The van der Waals surface area contributed by atoms with Crippen molar-refractivity contribution in [2.75, 3.05) is 5.73 Å². The van der Waals surface area contributed by atoms with E-state index in [2.05, 4.69) is 4.98 Å². The van der Waals surface area contributed by atoms with E-state index in [1.807, 2.05) is 13.0 Å². The summed E-state index contributed by atoms with van der Waals surface area (Å²) in [6.07, 6.45) is 0. The van der Waals surface area contributed by atoms with Gasteiger partial charge in [0.15, 0.2) is 0 Å². The predicted molar refractivity (Wildman–Crippen MR) is 68.3 cm³/mol. The van der Waals surface area contributed by atoms with Gasteiger partial charge in [-0.3, -0.25) is 0 Å². The summed E-state index contributed by atoms with van der Waals surface area (Å²) in [6.45, 7) is 7.19. The largest absolute Gasteiger partial charge is 0.454 e. The average Bonchev–Trinajstić information content (AvgIpc) is 2.53. The molecule has 2 heterocycles. The number of carbonyl (C=O) groups is 1. The van der Waals surface area contributed by atoms with Gasteiger partial charge in [0.25, 0.3) is 0 Å². The van der Waals surface area contributed by atoms with E-state index in [0.29, 0.717) is 11.1 Å². The highest BCUT2D eigenvalue weighted by Gasteiger charge is 2.25. The standard InChI is InChI=1S/C13H16N2O3/c1-7-5-6-8-9(14)10(17-11(8)15-7)12(16)18-13(2,3)4/h5-6H,14H2,1-4H3. The third kappa shape index (κ3) is 2.30. The predicted octanol–water partition coefficient (Wildman–Crippen LogP) is 2.67. The van der Waals surface area contributed by atoms with Crippen LogP contribution in [0.25, 0.3) is 11.1 Å². The summed E-state index contributed by atoms with van der Waals surface area (Å²) in [6, 6.07) is 3.59. The minimum absolute atomic E-state index is 0.0121. The number of carbonyl (C=O) groups excluding carboxylic acids is 1. The van der Waals surface area contributed by atoms with Crippen LogP contribution in [0.3, 0.4) is 0 Å². The van der Waals surface area contributed by atoms with Crippen molar-refractivity contribution in [2.24, 2.45) is 0 Å². The van der Waals surface area contributed by atoms with E-state index < -0.39 is 11.6 Å². The Morgan fingerprint density at radius 3 is 2.67 bits per heavy atom. The van der Waals surface area contributed by atoms with Crippen LogP contribution in [0.2, 0.25) is 0 Å². The minimum atomic E-state index is -0.591. The maximum atomic E-state index is 11.9. The zero-order valence-corrected chi connectivity index (χ0v) is 10.9. The van der Waals surface area contributed by atoms with Gasteiger partial charge in [0.05, 0.1) is 11.1 Å². The first-order chi connectivity index (χ1) is 8.28. The number of hydrogen-bond donors (Lipinski definition) is 1. The van der Waals surface area contributed by atoms with Gasteiger partial charge in [0.2, 0.25) is 11.5 Å². The first-order valence-electron chi connectivity index (χ1n) is 5.67. The van der Waals surface area contributed by atoms with E-state index in [-0.39, 0.29) is 11.4 Å². The van der Waals surface area contributed by atoms with E-state index in [1.54, 1.807) is 26.8 Å². The van der Waals surface area contributed by atoms with Gasteiger partial charge in [-0.25, -0.2) is 9.78 Å². The number of furan rings is 1. The molecule has 18 heavy (non-hydrogen) atoms. The van der Waals surface area contributed by atoms with Crippen molar-refractivity contribution in [3.05, 3.63) is 23.6 Å². The number of ether oxygens (including phenoxy) is 1. The van der Waals surface area contributed by atoms with Crippen LogP contribution in [0.15, 0.2) is 16.5 Å². The first-order valence-corrected chi connectivity index (χ1v) is 5.67. The van der Waals surface area contributed by atoms with E-state index in [4.69, 9.17) is 14.9 Å². The highest BCUT2D eigenvalue weighted by molar-refractivity contribution is 6.02. The first kappa shape index (κ1) is 12.4. The van der Waals surface area contributed by atoms with Gasteiger partial charge in [-0.15, -0.1) is 0 Å². The second-order valence-corrected chi connectivity index (χ2v) is 5.15. The zero-order chi connectivity index (χ0) is 13.5. The summed E-state index contributed by atoms with van der Waals surface area (Å²) >= 11 is 0. The molecule has 0 aromatic carbocycles. The van der Waals surface area contributed by atoms with Crippen molar-refractivity contribution in [1.29, 1.82) is 0 Å². The van der Waals surface area contributed by atoms with Gasteiger partial charge < -0.3 is 14.9 Å². The Bertz CT molecular complexity index is 608. The van der Waals surface area contributed by atoms with E-state index in [0.717, 1.165) is 5.69 Å². The van der Waals surface area contributed by atoms with E-state index in [1.165, 1.54) is 0 Å². The number of nitrogen functional groups attached to an aromatic ring is 1. The summed E-state index contributed by atoms with van der Waals surface area (Å²) in [5.74, 6) is -0.561. The summed E-state index contributed by atoms with van der Waals surface area (Å²) in [7, 11) is 0. The molecule has 0 aliphatic carbocycles. The molecule has 0 atom stereocenters. The van der Waals surface area contributed by atoms with Crippen LogP contribution < -0.4 is 5.73 Å². The van der Waals surface area contributed by atoms with Crippen molar-refractivity contribution >= 4 is 22.8 Å². The summed E-state index contributed by atoms with van der Waals surface area (Å²) < 4.78 is 10.6. The molecule has 0 aliphatic rings. The molecule has 96 valence electrons. The quantitative estimate of drug-likeness (QED) is 0.785. The molecule has 0 unspecified atom stereocenters. The Balaban J connectivity index is 2.46. The number of fused-ring (bicyclic) bond motifs is 1. The molecule has 0 amide bonds. The molecule has 0 fully saturated rings. The van der Waals surface area contributed by atoms with Crippen molar-refractivity contribution in [1.82, 2.24) is 4.98 Å². The van der Waals surface area contributed by atoms with Gasteiger partial charge in [0, 0.05) is 5.69 Å². The number of aromatic nitrogens is 1. The van der Waals surface area contributed by atoms with Crippen LogP contribution in [0.1, 0.15) is 37.0 Å². The molecular formula is C13H16N2O3. The highest BCUT2D eigenvalue weighted by Crippen LogP contribution is 2.28. The van der Waals surface area contributed by atoms with Gasteiger partial charge in [-0.2, -0.15) is 0 Å². The summed E-state index contributed by atoms with van der Waals surface area (Å²) in [5, 5.41) is 0.626. The number of nitrogens with zero attached hydrogens (tertiary/aromatic N) is 1. The lowest BCUT2D eigenvalue weighted by atomic mass is 10.2. The Kier molecular flexibility index (Phi) is 2.77. The molecule has 0 aliphatic heterocycles. The molecule has 0 radical (unpaired) electrons. The minimum Gasteiger partial charge on any atom is -0.454 e. The Morgan fingerprint density at radius 2 is 2.06 bits per heavy atom. The lowest BCUT2D eigenvalue weighted by Gasteiger charge is -2.18. The third-order valence-electron chi connectivity index (χ3n) is 2.32. The van der Waals surface area contributed by atoms with Crippen molar-refractivity contribution < 1.29 is 13.9 Å². The van der Waals surface area contributed by atoms with Gasteiger partial charge in [0.1, 0.15) is 5.60 Å². The van der Waals surface area contributed by atoms with Crippen molar-refractivity contribution in [2.45, 2.75) is 33.3 Å². The molecule has 0 saturated carbocycles. The van der Waals surface area contributed by atoms with Crippen LogP contribution >= 0.6 is 0 Å². The number of pyridine rings is 1. The lowest BCUT2D eigenvalue weighted by molar-refractivity contribution is 0.00395. The number of nitrogens with two attached hydrogens (primary N) is 1. The fourth-order valence-corrected chi connectivity index (χ4v) is 1.57. The molecule has 2 N–H and O–H groups in total. The van der Waals surface area contributed by atoms with E-state index in [9.17, 15) is 4.79 Å². The average molecular weight is 248 g/mol. The molecule has 5 nitrogen and oxygen atoms in total. The lowest BCUT2D eigenvalue weighted by Crippen LogP contribution is -2.24. The van der Waals surface area contributed by atoms with Crippen LogP contribution in [0, 0.1) is 6.92 Å².